The van der Waals surface area contributed by atoms with Gasteiger partial charge in [-0.1, -0.05) is 31.0 Å². The molecule has 0 unspecified atom stereocenters. The van der Waals surface area contributed by atoms with Crippen molar-refractivity contribution in [3.05, 3.63) is 34.3 Å². The van der Waals surface area contributed by atoms with Crippen LogP contribution in [0.2, 0.25) is 5.02 Å². The second-order valence-electron chi connectivity index (χ2n) is 3.46. The lowest BCUT2D eigenvalue weighted by Crippen LogP contribution is -2.14. The maximum absolute atomic E-state index is 8.80. The minimum Gasteiger partial charge on any atom is -0.313 e. The number of halogens is 1. The smallest absolute Gasteiger partial charge is 0.101 e. The second-order valence-corrected chi connectivity index (χ2v) is 3.86. The summed E-state index contributed by atoms with van der Waals surface area (Å²) >= 11 is 5.84. The van der Waals surface area contributed by atoms with Crippen molar-refractivity contribution < 1.29 is 0 Å². The summed E-state index contributed by atoms with van der Waals surface area (Å²) in [4.78, 5) is 0. The van der Waals surface area contributed by atoms with Gasteiger partial charge in [-0.15, -0.1) is 0 Å². The number of hydrogen-bond donors (Lipinski definition) is 1. The average molecular weight is 223 g/mol. The molecule has 0 heterocycles. The number of benzene rings is 1. The van der Waals surface area contributed by atoms with Crippen LogP contribution < -0.4 is 5.32 Å². The van der Waals surface area contributed by atoms with E-state index in [4.69, 9.17) is 16.9 Å². The zero-order valence-electron chi connectivity index (χ0n) is 8.89. The number of nitriles is 1. The van der Waals surface area contributed by atoms with Crippen LogP contribution in [0.3, 0.4) is 0 Å². The predicted molar refractivity (Wildman–Crippen MR) is 62.8 cm³/mol. The van der Waals surface area contributed by atoms with E-state index in [1.165, 1.54) is 12.8 Å². The van der Waals surface area contributed by atoms with E-state index in [9.17, 15) is 0 Å². The molecule has 0 aromatic heterocycles. The van der Waals surface area contributed by atoms with Crippen LogP contribution in [0.15, 0.2) is 18.2 Å². The summed E-state index contributed by atoms with van der Waals surface area (Å²) in [5, 5.41) is 12.6. The van der Waals surface area contributed by atoms with E-state index in [-0.39, 0.29) is 0 Å². The van der Waals surface area contributed by atoms with Gasteiger partial charge in [0.05, 0.1) is 10.6 Å². The molecule has 2 nitrogen and oxygen atoms in total. The molecular weight excluding hydrogens is 208 g/mol. The van der Waals surface area contributed by atoms with Gasteiger partial charge in [-0.05, 0) is 30.7 Å². The number of nitrogens with zero attached hydrogens (tertiary/aromatic N) is 1. The van der Waals surface area contributed by atoms with Crippen LogP contribution in [-0.4, -0.2) is 6.54 Å². The first kappa shape index (κ1) is 12.0. The van der Waals surface area contributed by atoms with Crippen LogP contribution in [-0.2, 0) is 6.54 Å². The van der Waals surface area contributed by atoms with Crippen molar-refractivity contribution in [2.24, 2.45) is 0 Å². The lowest BCUT2D eigenvalue weighted by molar-refractivity contribution is 0.641. The monoisotopic (exact) mass is 222 g/mol. The minimum atomic E-state index is 0.523. The van der Waals surface area contributed by atoms with Crippen molar-refractivity contribution in [3.63, 3.8) is 0 Å². The molecule has 0 atom stereocenters. The standard InChI is InChI=1S/C12H15ClN2/c1-2-3-6-15-9-10-4-5-12(13)11(7-10)8-14/h4-5,7,15H,2-3,6,9H2,1H3. The Morgan fingerprint density at radius 3 is 2.93 bits per heavy atom. The van der Waals surface area contributed by atoms with Crippen molar-refractivity contribution in [1.29, 1.82) is 5.26 Å². The summed E-state index contributed by atoms with van der Waals surface area (Å²) in [5.74, 6) is 0. The zero-order chi connectivity index (χ0) is 11.1. The van der Waals surface area contributed by atoms with Gasteiger partial charge in [0.2, 0.25) is 0 Å². The number of rotatable bonds is 5. The van der Waals surface area contributed by atoms with Crippen molar-refractivity contribution in [3.8, 4) is 6.07 Å². The molecule has 1 aromatic rings. The molecule has 0 bridgehead atoms. The molecule has 0 spiro atoms. The molecule has 0 fully saturated rings. The molecule has 0 amide bonds. The van der Waals surface area contributed by atoms with Crippen LogP contribution >= 0.6 is 11.6 Å². The topological polar surface area (TPSA) is 35.8 Å². The van der Waals surface area contributed by atoms with Gasteiger partial charge in [-0.3, -0.25) is 0 Å². The van der Waals surface area contributed by atoms with E-state index < -0.39 is 0 Å². The molecule has 1 rings (SSSR count). The molecule has 80 valence electrons. The quantitative estimate of drug-likeness (QED) is 0.778. The zero-order valence-corrected chi connectivity index (χ0v) is 9.64. The van der Waals surface area contributed by atoms with E-state index in [2.05, 4.69) is 18.3 Å². The third-order valence-electron chi connectivity index (χ3n) is 2.19. The lowest BCUT2D eigenvalue weighted by atomic mass is 10.1. The van der Waals surface area contributed by atoms with Gasteiger partial charge in [0.15, 0.2) is 0 Å². The number of unbranched alkanes of at least 4 members (excludes halogenated alkanes) is 1. The third-order valence-corrected chi connectivity index (χ3v) is 2.52. The minimum absolute atomic E-state index is 0.523. The Morgan fingerprint density at radius 2 is 2.27 bits per heavy atom. The lowest BCUT2D eigenvalue weighted by Gasteiger charge is -2.04. The van der Waals surface area contributed by atoms with E-state index in [1.54, 1.807) is 6.07 Å². The van der Waals surface area contributed by atoms with Crippen molar-refractivity contribution >= 4 is 11.6 Å². The van der Waals surface area contributed by atoms with Gasteiger partial charge in [-0.2, -0.15) is 5.26 Å². The molecule has 3 heteroatoms. The molecule has 0 aliphatic carbocycles. The highest BCUT2D eigenvalue weighted by Gasteiger charge is 2.00. The van der Waals surface area contributed by atoms with E-state index in [0.29, 0.717) is 10.6 Å². The summed E-state index contributed by atoms with van der Waals surface area (Å²) in [7, 11) is 0. The molecule has 1 aromatic carbocycles. The first-order valence-electron chi connectivity index (χ1n) is 5.17. The van der Waals surface area contributed by atoms with Gasteiger partial charge in [0, 0.05) is 6.54 Å². The van der Waals surface area contributed by atoms with Gasteiger partial charge < -0.3 is 5.32 Å². The Bertz CT molecular complexity index is 355. The summed E-state index contributed by atoms with van der Waals surface area (Å²) in [5.41, 5.74) is 1.65. The molecular formula is C12H15ClN2. The van der Waals surface area contributed by atoms with E-state index in [1.807, 2.05) is 12.1 Å². The van der Waals surface area contributed by atoms with Crippen LogP contribution in [0.1, 0.15) is 30.9 Å². The Hall–Kier alpha value is -1.04. The van der Waals surface area contributed by atoms with Crippen LogP contribution in [0, 0.1) is 11.3 Å². The highest BCUT2D eigenvalue weighted by atomic mass is 35.5. The van der Waals surface area contributed by atoms with E-state index in [0.717, 1.165) is 18.7 Å². The summed E-state index contributed by atoms with van der Waals surface area (Å²) in [6, 6.07) is 7.63. The first-order chi connectivity index (χ1) is 7.27. The van der Waals surface area contributed by atoms with Crippen molar-refractivity contribution in [2.45, 2.75) is 26.3 Å². The Kier molecular flexibility index (Phi) is 5.17. The second kappa shape index (κ2) is 6.44. The fraction of sp³-hybridized carbons (Fsp3) is 0.417. The van der Waals surface area contributed by atoms with Crippen LogP contribution in [0.4, 0.5) is 0 Å². The fourth-order valence-electron chi connectivity index (χ4n) is 1.30. The molecule has 1 N–H and O–H groups in total. The van der Waals surface area contributed by atoms with Gasteiger partial charge in [-0.25, -0.2) is 0 Å². The normalized spacial score (nSPS) is 9.93. The number of hydrogen-bond acceptors (Lipinski definition) is 2. The highest BCUT2D eigenvalue weighted by Crippen LogP contribution is 2.16. The summed E-state index contributed by atoms with van der Waals surface area (Å²) in [6.07, 6.45) is 2.37. The summed E-state index contributed by atoms with van der Waals surface area (Å²) in [6.45, 7) is 3.98. The number of nitrogens with one attached hydrogen (secondary N) is 1. The molecule has 0 radical (unpaired) electrons. The molecule has 0 saturated heterocycles. The Labute approximate surface area is 95.9 Å². The maximum atomic E-state index is 8.80. The predicted octanol–water partition coefficient (Wildman–Crippen LogP) is 3.10. The average Bonchev–Trinajstić information content (AvgIpc) is 2.26. The van der Waals surface area contributed by atoms with Crippen molar-refractivity contribution in [2.75, 3.05) is 6.54 Å². The highest BCUT2D eigenvalue weighted by molar-refractivity contribution is 6.31. The molecule has 15 heavy (non-hydrogen) atoms. The fourth-order valence-corrected chi connectivity index (χ4v) is 1.46. The van der Waals surface area contributed by atoms with Gasteiger partial charge in [0.25, 0.3) is 0 Å². The molecule has 0 aliphatic heterocycles. The third kappa shape index (κ3) is 3.91. The van der Waals surface area contributed by atoms with Gasteiger partial charge >= 0.3 is 0 Å². The van der Waals surface area contributed by atoms with Crippen LogP contribution in [0.25, 0.3) is 0 Å². The van der Waals surface area contributed by atoms with Crippen molar-refractivity contribution in [1.82, 2.24) is 5.32 Å². The Balaban J connectivity index is 2.52. The van der Waals surface area contributed by atoms with Crippen LogP contribution in [0.5, 0.6) is 0 Å². The van der Waals surface area contributed by atoms with Gasteiger partial charge in [0.1, 0.15) is 6.07 Å². The Morgan fingerprint density at radius 1 is 1.47 bits per heavy atom. The first-order valence-corrected chi connectivity index (χ1v) is 5.55. The van der Waals surface area contributed by atoms with E-state index >= 15 is 0 Å². The maximum Gasteiger partial charge on any atom is 0.101 e. The largest absolute Gasteiger partial charge is 0.313 e. The molecule has 0 aliphatic rings. The SMILES string of the molecule is CCCCNCc1ccc(Cl)c(C#N)c1. The molecule has 0 saturated carbocycles. The summed E-state index contributed by atoms with van der Waals surface area (Å²) < 4.78 is 0.